The van der Waals surface area contributed by atoms with Crippen LogP contribution < -0.4 is 9.64 Å². The molecule has 0 saturated carbocycles. The number of benzene rings is 1. The molecule has 29 heavy (non-hydrogen) atoms. The Morgan fingerprint density at radius 1 is 1.10 bits per heavy atom. The number of hydrogen-bond donors (Lipinski definition) is 0. The molecule has 0 aliphatic carbocycles. The zero-order chi connectivity index (χ0) is 20.1. The summed E-state index contributed by atoms with van der Waals surface area (Å²) in [4.78, 5) is 26.3. The fourth-order valence-corrected chi connectivity index (χ4v) is 4.35. The molecule has 6 nitrogen and oxygen atoms in total. The maximum Gasteiger partial charge on any atom is 0.226 e. The summed E-state index contributed by atoms with van der Waals surface area (Å²) < 4.78 is 5.33. The van der Waals surface area contributed by atoms with E-state index >= 15 is 0 Å². The van der Waals surface area contributed by atoms with E-state index in [4.69, 9.17) is 4.74 Å². The Morgan fingerprint density at radius 2 is 1.90 bits per heavy atom. The molecule has 1 aromatic carbocycles. The highest BCUT2D eigenvalue weighted by Crippen LogP contribution is 2.32. The van der Waals surface area contributed by atoms with Crippen LogP contribution in [0.1, 0.15) is 24.8 Å². The van der Waals surface area contributed by atoms with E-state index in [-0.39, 0.29) is 11.8 Å². The van der Waals surface area contributed by atoms with Crippen LogP contribution in [0.25, 0.3) is 0 Å². The van der Waals surface area contributed by atoms with E-state index in [0.717, 1.165) is 49.6 Å². The van der Waals surface area contributed by atoms with Crippen LogP contribution >= 0.6 is 0 Å². The van der Waals surface area contributed by atoms with Gasteiger partial charge in [-0.05, 0) is 48.9 Å². The average molecular weight is 393 g/mol. The molecule has 0 spiro atoms. The van der Waals surface area contributed by atoms with E-state index < -0.39 is 0 Å². The first-order valence-corrected chi connectivity index (χ1v) is 10.3. The maximum absolute atomic E-state index is 13.4. The predicted octanol–water partition coefficient (Wildman–Crippen LogP) is 3.31. The van der Waals surface area contributed by atoms with Crippen molar-refractivity contribution in [3.63, 3.8) is 0 Å². The number of piperidine rings is 1. The molecule has 1 saturated heterocycles. The first kappa shape index (κ1) is 19.4. The second-order valence-corrected chi connectivity index (χ2v) is 7.76. The van der Waals surface area contributed by atoms with Crippen molar-refractivity contribution < 1.29 is 9.53 Å². The normalized spacial score (nSPS) is 20.6. The van der Waals surface area contributed by atoms with Gasteiger partial charge in [-0.3, -0.25) is 4.79 Å². The molecule has 2 aliphatic rings. The molecule has 6 heteroatoms. The standard InChI is InChI=1S/C23H28N4O2/c1-29-20-7-4-6-18(16-20)17-27-13-3-2-8-21(22(27)28)19-9-14-26(15-10-19)23-24-11-5-12-25-23/h2-7,11-12,16,19,21H,8-10,13-15,17H2,1H3. The third-order valence-corrected chi connectivity index (χ3v) is 5.96. The van der Waals surface area contributed by atoms with Crippen molar-refractivity contribution in [1.29, 1.82) is 0 Å². The zero-order valence-corrected chi connectivity index (χ0v) is 16.9. The summed E-state index contributed by atoms with van der Waals surface area (Å²) in [7, 11) is 1.67. The molecule has 1 fully saturated rings. The Hall–Kier alpha value is -2.89. The number of rotatable bonds is 5. The van der Waals surface area contributed by atoms with Gasteiger partial charge in [0.25, 0.3) is 0 Å². The number of aromatic nitrogens is 2. The monoisotopic (exact) mass is 392 g/mol. The van der Waals surface area contributed by atoms with Crippen molar-refractivity contribution in [3.8, 4) is 5.75 Å². The highest BCUT2D eigenvalue weighted by Gasteiger charge is 2.34. The highest BCUT2D eigenvalue weighted by molar-refractivity contribution is 5.80. The van der Waals surface area contributed by atoms with Crippen molar-refractivity contribution >= 4 is 11.9 Å². The summed E-state index contributed by atoms with van der Waals surface area (Å²) in [6.45, 7) is 3.09. The minimum atomic E-state index is 0.0539. The van der Waals surface area contributed by atoms with Gasteiger partial charge >= 0.3 is 0 Å². The summed E-state index contributed by atoms with van der Waals surface area (Å²) in [5.41, 5.74) is 1.10. The van der Waals surface area contributed by atoms with Gasteiger partial charge in [0.2, 0.25) is 11.9 Å². The third kappa shape index (κ3) is 4.58. The average Bonchev–Trinajstić information content (AvgIpc) is 2.96. The van der Waals surface area contributed by atoms with Gasteiger partial charge < -0.3 is 14.5 Å². The summed E-state index contributed by atoms with van der Waals surface area (Å²) in [5, 5.41) is 0. The molecule has 0 bridgehead atoms. The number of anilines is 1. The minimum absolute atomic E-state index is 0.0539. The highest BCUT2D eigenvalue weighted by atomic mass is 16.5. The molecule has 1 atom stereocenters. The number of allylic oxidation sites excluding steroid dienone is 1. The Balaban J connectivity index is 1.41. The second-order valence-electron chi connectivity index (χ2n) is 7.76. The number of amides is 1. The number of ether oxygens (including phenoxy) is 1. The lowest BCUT2D eigenvalue weighted by atomic mass is 9.81. The number of carbonyl (C=O) groups excluding carboxylic acids is 1. The van der Waals surface area contributed by atoms with Gasteiger partial charge in [0.05, 0.1) is 7.11 Å². The van der Waals surface area contributed by atoms with E-state index in [9.17, 15) is 4.79 Å². The Morgan fingerprint density at radius 3 is 2.66 bits per heavy atom. The van der Waals surface area contributed by atoms with Crippen LogP contribution in [-0.2, 0) is 11.3 Å². The first-order chi connectivity index (χ1) is 14.2. The lowest BCUT2D eigenvalue weighted by molar-refractivity contribution is -0.137. The summed E-state index contributed by atoms with van der Waals surface area (Å²) in [6, 6.07) is 9.81. The van der Waals surface area contributed by atoms with Crippen LogP contribution in [0.3, 0.4) is 0 Å². The van der Waals surface area contributed by atoms with Gasteiger partial charge in [-0.15, -0.1) is 0 Å². The molecule has 1 amide bonds. The smallest absolute Gasteiger partial charge is 0.226 e. The molecule has 0 radical (unpaired) electrons. The zero-order valence-electron chi connectivity index (χ0n) is 16.9. The number of methoxy groups -OCH3 is 1. The number of hydrogen-bond acceptors (Lipinski definition) is 5. The predicted molar refractivity (Wildman–Crippen MR) is 113 cm³/mol. The van der Waals surface area contributed by atoms with Gasteiger partial charge in [0.1, 0.15) is 5.75 Å². The summed E-state index contributed by atoms with van der Waals surface area (Å²) in [6.07, 6.45) is 10.7. The van der Waals surface area contributed by atoms with Crippen molar-refractivity contribution in [2.24, 2.45) is 11.8 Å². The first-order valence-electron chi connectivity index (χ1n) is 10.3. The van der Waals surface area contributed by atoms with Gasteiger partial charge in [0, 0.05) is 44.5 Å². The lowest BCUT2D eigenvalue weighted by Gasteiger charge is -2.36. The van der Waals surface area contributed by atoms with Gasteiger partial charge in [-0.25, -0.2) is 9.97 Å². The van der Waals surface area contributed by atoms with Crippen molar-refractivity contribution in [3.05, 3.63) is 60.4 Å². The molecule has 3 heterocycles. The van der Waals surface area contributed by atoms with Crippen LogP contribution in [0.5, 0.6) is 5.75 Å². The van der Waals surface area contributed by atoms with Crippen LogP contribution in [-0.4, -0.2) is 47.5 Å². The molecule has 2 aliphatic heterocycles. The largest absolute Gasteiger partial charge is 0.497 e. The molecule has 2 aromatic rings. The Kier molecular flexibility index (Phi) is 6.08. The number of nitrogens with zero attached hydrogens (tertiary/aromatic N) is 4. The van der Waals surface area contributed by atoms with Crippen LogP contribution in [0.2, 0.25) is 0 Å². The van der Waals surface area contributed by atoms with Crippen LogP contribution in [0.4, 0.5) is 5.95 Å². The summed E-state index contributed by atoms with van der Waals surface area (Å²) in [5.74, 6) is 2.34. The van der Waals surface area contributed by atoms with Crippen molar-refractivity contribution in [2.45, 2.75) is 25.8 Å². The van der Waals surface area contributed by atoms with E-state index in [0.29, 0.717) is 19.0 Å². The van der Waals surface area contributed by atoms with Gasteiger partial charge in [0.15, 0.2) is 0 Å². The fourth-order valence-electron chi connectivity index (χ4n) is 4.35. The molecular formula is C23H28N4O2. The van der Waals surface area contributed by atoms with Gasteiger partial charge in [-0.1, -0.05) is 24.3 Å². The third-order valence-electron chi connectivity index (χ3n) is 5.96. The van der Waals surface area contributed by atoms with Gasteiger partial charge in [-0.2, -0.15) is 0 Å². The topological polar surface area (TPSA) is 58.6 Å². The van der Waals surface area contributed by atoms with Crippen molar-refractivity contribution in [2.75, 3.05) is 31.6 Å². The lowest BCUT2D eigenvalue weighted by Crippen LogP contribution is -2.42. The molecule has 1 aromatic heterocycles. The van der Waals surface area contributed by atoms with E-state index in [1.54, 1.807) is 19.5 Å². The second kappa shape index (κ2) is 9.07. The number of carbonyl (C=O) groups is 1. The van der Waals surface area contributed by atoms with E-state index in [1.807, 2.05) is 29.2 Å². The summed E-state index contributed by atoms with van der Waals surface area (Å²) >= 11 is 0. The molecule has 152 valence electrons. The molecule has 1 unspecified atom stereocenters. The fraction of sp³-hybridized carbons (Fsp3) is 0.435. The molecule has 0 N–H and O–H groups in total. The minimum Gasteiger partial charge on any atom is -0.497 e. The van der Waals surface area contributed by atoms with E-state index in [2.05, 4.69) is 33.1 Å². The quantitative estimate of drug-likeness (QED) is 0.731. The Labute approximate surface area is 172 Å². The Bertz CT molecular complexity index is 847. The molecule has 4 rings (SSSR count). The molecular weight excluding hydrogens is 364 g/mol. The maximum atomic E-state index is 13.4. The van der Waals surface area contributed by atoms with Crippen LogP contribution in [0, 0.1) is 11.8 Å². The SMILES string of the molecule is COc1cccc(CN2CC=CCC(C3CCN(c4ncccn4)CC3)C2=O)c1. The van der Waals surface area contributed by atoms with E-state index in [1.165, 1.54) is 0 Å². The van der Waals surface area contributed by atoms with Crippen LogP contribution in [0.15, 0.2) is 54.9 Å². The van der Waals surface area contributed by atoms with Crippen molar-refractivity contribution in [1.82, 2.24) is 14.9 Å².